The number of aryl methyl sites for hydroxylation is 2. The van der Waals surface area contributed by atoms with E-state index in [1.165, 1.54) is 25.0 Å². The summed E-state index contributed by atoms with van der Waals surface area (Å²) in [6.45, 7) is 1.03. The smallest absolute Gasteiger partial charge is 0.125 e. The molecule has 0 bridgehead atoms. The van der Waals surface area contributed by atoms with E-state index >= 15 is 0 Å². The van der Waals surface area contributed by atoms with Gasteiger partial charge in [-0.1, -0.05) is 0 Å². The van der Waals surface area contributed by atoms with Crippen LogP contribution in [0.3, 0.4) is 0 Å². The monoisotopic (exact) mass is 190 g/mol. The molecule has 1 aliphatic rings. The van der Waals surface area contributed by atoms with E-state index in [1.807, 2.05) is 6.07 Å². The number of hydrogen-bond donors (Lipinski definition) is 0. The van der Waals surface area contributed by atoms with E-state index in [4.69, 9.17) is 0 Å². The summed E-state index contributed by atoms with van der Waals surface area (Å²) in [5.41, 5.74) is 1.86. The van der Waals surface area contributed by atoms with Crippen LogP contribution in [-0.2, 0) is 13.0 Å². The van der Waals surface area contributed by atoms with Crippen LogP contribution in [0.25, 0.3) is 11.0 Å². The summed E-state index contributed by atoms with van der Waals surface area (Å²) in [7, 11) is 0. The first-order valence-corrected chi connectivity index (χ1v) is 4.99. The largest absolute Gasteiger partial charge is 0.328 e. The van der Waals surface area contributed by atoms with E-state index in [2.05, 4.69) is 9.55 Å². The van der Waals surface area contributed by atoms with E-state index in [-0.39, 0.29) is 5.82 Å². The summed E-state index contributed by atoms with van der Waals surface area (Å²) in [4.78, 5) is 4.44. The van der Waals surface area contributed by atoms with Crippen LogP contribution in [0.1, 0.15) is 18.7 Å². The van der Waals surface area contributed by atoms with E-state index in [9.17, 15) is 4.39 Å². The number of hydrogen-bond acceptors (Lipinski definition) is 1. The molecule has 0 unspecified atom stereocenters. The Balaban J connectivity index is 2.31. The summed E-state index contributed by atoms with van der Waals surface area (Å²) in [6, 6.07) is 4.85. The molecule has 1 aromatic carbocycles. The van der Waals surface area contributed by atoms with Gasteiger partial charge in [0.05, 0.1) is 11.0 Å². The van der Waals surface area contributed by atoms with Crippen molar-refractivity contribution in [2.75, 3.05) is 0 Å². The highest BCUT2D eigenvalue weighted by Gasteiger charge is 2.14. The molecule has 0 amide bonds. The van der Waals surface area contributed by atoms with Crippen molar-refractivity contribution in [3.63, 3.8) is 0 Å². The standard InChI is InChI=1S/C11H11FN2/c12-8-4-5-10-9(7-8)13-11-3-1-2-6-14(10)11/h4-5,7H,1-3,6H2. The molecule has 14 heavy (non-hydrogen) atoms. The second kappa shape index (κ2) is 2.80. The van der Waals surface area contributed by atoms with Crippen molar-refractivity contribution in [1.82, 2.24) is 9.55 Å². The van der Waals surface area contributed by atoms with Crippen molar-refractivity contribution in [3.8, 4) is 0 Å². The van der Waals surface area contributed by atoms with Crippen LogP contribution in [-0.4, -0.2) is 9.55 Å². The molecular formula is C11H11FN2. The molecular weight excluding hydrogens is 179 g/mol. The highest BCUT2D eigenvalue weighted by molar-refractivity contribution is 5.76. The Bertz CT molecular complexity index is 487. The van der Waals surface area contributed by atoms with Crippen LogP contribution in [0.4, 0.5) is 4.39 Å². The lowest BCUT2D eigenvalue weighted by Gasteiger charge is -2.13. The molecule has 0 fully saturated rings. The van der Waals surface area contributed by atoms with E-state index in [1.54, 1.807) is 0 Å². The number of benzene rings is 1. The molecule has 1 aliphatic heterocycles. The zero-order chi connectivity index (χ0) is 9.54. The van der Waals surface area contributed by atoms with Gasteiger partial charge in [0.1, 0.15) is 11.6 Å². The number of aromatic nitrogens is 2. The second-order valence-corrected chi connectivity index (χ2v) is 3.77. The van der Waals surface area contributed by atoms with Gasteiger partial charge >= 0.3 is 0 Å². The lowest BCUT2D eigenvalue weighted by molar-refractivity contribution is 0.533. The average molecular weight is 190 g/mol. The van der Waals surface area contributed by atoms with E-state index in [0.717, 1.165) is 29.8 Å². The highest BCUT2D eigenvalue weighted by atomic mass is 19.1. The summed E-state index contributed by atoms with van der Waals surface area (Å²) in [6.07, 6.45) is 3.43. The molecule has 3 heteroatoms. The minimum absolute atomic E-state index is 0.201. The van der Waals surface area contributed by atoms with Crippen LogP contribution >= 0.6 is 0 Å². The molecule has 72 valence electrons. The molecule has 0 saturated heterocycles. The lowest BCUT2D eigenvalue weighted by Crippen LogP contribution is -2.09. The van der Waals surface area contributed by atoms with Gasteiger partial charge in [0.2, 0.25) is 0 Å². The molecule has 2 nitrogen and oxygen atoms in total. The predicted molar refractivity (Wildman–Crippen MR) is 52.6 cm³/mol. The van der Waals surface area contributed by atoms with E-state index < -0.39 is 0 Å². The average Bonchev–Trinajstić information content (AvgIpc) is 2.54. The summed E-state index contributed by atoms with van der Waals surface area (Å²) < 4.78 is 15.2. The first-order chi connectivity index (χ1) is 6.84. The molecule has 0 atom stereocenters. The third-order valence-corrected chi connectivity index (χ3v) is 2.82. The van der Waals surface area contributed by atoms with Gasteiger partial charge in [-0.3, -0.25) is 0 Å². The highest BCUT2D eigenvalue weighted by Crippen LogP contribution is 2.22. The Kier molecular flexibility index (Phi) is 1.60. The maximum Gasteiger partial charge on any atom is 0.125 e. The lowest BCUT2D eigenvalue weighted by atomic mass is 10.2. The minimum atomic E-state index is -0.201. The van der Waals surface area contributed by atoms with Crippen LogP contribution in [0.2, 0.25) is 0 Å². The van der Waals surface area contributed by atoms with Crippen molar-refractivity contribution in [1.29, 1.82) is 0 Å². The van der Waals surface area contributed by atoms with Crippen LogP contribution in [0, 0.1) is 5.82 Å². The van der Waals surface area contributed by atoms with Crippen molar-refractivity contribution in [2.45, 2.75) is 25.8 Å². The molecule has 0 radical (unpaired) electrons. The molecule has 2 aromatic rings. The molecule has 0 aliphatic carbocycles. The fraction of sp³-hybridized carbons (Fsp3) is 0.364. The Morgan fingerprint density at radius 3 is 3.14 bits per heavy atom. The predicted octanol–water partition coefficient (Wildman–Crippen LogP) is 2.51. The Morgan fingerprint density at radius 1 is 1.29 bits per heavy atom. The van der Waals surface area contributed by atoms with Gasteiger partial charge < -0.3 is 4.57 Å². The van der Waals surface area contributed by atoms with Gasteiger partial charge in [-0.05, 0) is 25.0 Å². The Morgan fingerprint density at radius 2 is 2.21 bits per heavy atom. The van der Waals surface area contributed by atoms with Gasteiger partial charge in [0.15, 0.2) is 0 Å². The first kappa shape index (κ1) is 7.97. The maximum absolute atomic E-state index is 13.0. The number of imidazole rings is 1. The topological polar surface area (TPSA) is 17.8 Å². The quantitative estimate of drug-likeness (QED) is 0.624. The SMILES string of the molecule is Fc1ccc2c(c1)nc1n2CCCC1. The van der Waals surface area contributed by atoms with Crippen molar-refractivity contribution in [3.05, 3.63) is 29.8 Å². The maximum atomic E-state index is 13.0. The summed E-state index contributed by atoms with van der Waals surface area (Å²) in [5.74, 6) is 0.907. The fourth-order valence-electron chi connectivity index (χ4n) is 2.15. The van der Waals surface area contributed by atoms with Crippen molar-refractivity contribution in [2.24, 2.45) is 0 Å². The zero-order valence-corrected chi connectivity index (χ0v) is 7.83. The molecule has 2 heterocycles. The van der Waals surface area contributed by atoms with Crippen molar-refractivity contribution >= 4 is 11.0 Å². The zero-order valence-electron chi connectivity index (χ0n) is 7.83. The first-order valence-electron chi connectivity index (χ1n) is 4.99. The third-order valence-electron chi connectivity index (χ3n) is 2.82. The molecule has 1 aromatic heterocycles. The number of nitrogens with zero attached hydrogens (tertiary/aromatic N) is 2. The Labute approximate surface area is 81.4 Å². The number of halogens is 1. The van der Waals surface area contributed by atoms with Gasteiger partial charge in [-0.25, -0.2) is 9.37 Å². The van der Waals surface area contributed by atoms with Crippen LogP contribution in [0.5, 0.6) is 0 Å². The summed E-state index contributed by atoms with van der Waals surface area (Å²) >= 11 is 0. The second-order valence-electron chi connectivity index (χ2n) is 3.77. The minimum Gasteiger partial charge on any atom is -0.328 e. The van der Waals surface area contributed by atoms with Crippen LogP contribution in [0.15, 0.2) is 18.2 Å². The van der Waals surface area contributed by atoms with Gasteiger partial charge in [-0.2, -0.15) is 0 Å². The van der Waals surface area contributed by atoms with E-state index in [0.29, 0.717) is 0 Å². The van der Waals surface area contributed by atoms with Gasteiger partial charge in [0.25, 0.3) is 0 Å². The third kappa shape index (κ3) is 1.05. The summed E-state index contributed by atoms with van der Waals surface area (Å²) in [5, 5.41) is 0. The Hall–Kier alpha value is -1.38. The van der Waals surface area contributed by atoms with Crippen molar-refractivity contribution < 1.29 is 4.39 Å². The molecule has 0 spiro atoms. The number of fused-ring (bicyclic) bond motifs is 3. The normalized spacial score (nSPS) is 15.8. The molecule has 3 rings (SSSR count). The molecule has 0 N–H and O–H groups in total. The number of rotatable bonds is 0. The molecule has 0 saturated carbocycles. The fourth-order valence-corrected chi connectivity index (χ4v) is 2.15. The van der Waals surface area contributed by atoms with Gasteiger partial charge in [0, 0.05) is 19.0 Å². The van der Waals surface area contributed by atoms with Crippen LogP contribution < -0.4 is 0 Å². The van der Waals surface area contributed by atoms with Gasteiger partial charge in [-0.15, -0.1) is 0 Å².